The zero-order chi connectivity index (χ0) is 20.5. The second kappa shape index (κ2) is 10.6. The van der Waals surface area contributed by atoms with E-state index in [0.717, 1.165) is 37.0 Å². The molecule has 1 fully saturated rings. The van der Waals surface area contributed by atoms with E-state index >= 15 is 0 Å². The Morgan fingerprint density at radius 3 is 2.28 bits per heavy atom. The Balaban J connectivity index is 1.52. The van der Waals surface area contributed by atoms with Crippen LogP contribution in [0.25, 0.3) is 0 Å². The number of ether oxygens (including phenoxy) is 1. The van der Waals surface area contributed by atoms with Gasteiger partial charge in [-0.05, 0) is 49.1 Å². The van der Waals surface area contributed by atoms with Gasteiger partial charge in [-0.2, -0.15) is 0 Å². The molecule has 2 N–H and O–H groups in total. The SMILES string of the molecule is COc1ccc(CCNC(=O)c2cccc(C(=O)NC3CCCCCC3)n2)cc1. The van der Waals surface area contributed by atoms with E-state index in [-0.39, 0.29) is 29.2 Å². The van der Waals surface area contributed by atoms with E-state index in [1.807, 2.05) is 24.3 Å². The molecule has 1 heterocycles. The monoisotopic (exact) mass is 395 g/mol. The third kappa shape index (κ3) is 6.31. The Bertz CT molecular complexity index is 812. The Labute approximate surface area is 172 Å². The Hall–Kier alpha value is -2.89. The molecule has 0 unspecified atom stereocenters. The molecule has 1 saturated carbocycles. The molecule has 0 bridgehead atoms. The topological polar surface area (TPSA) is 80.3 Å². The number of rotatable bonds is 7. The maximum Gasteiger partial charge on any atom is 0.270 e. The van der Waals surface area contributed by atoms with Crippen LogP contribution in [-0.2, 0) is 6.42 Å². The van der Waals surface area contributed by atoms with Gasteiger partial charge in [-0.3, -0.25) is 9.59 Å². The molecular formula is C23H29N3O3. The molecule has 0 saturated heterocycles. The standard InChI is InChI=1S/C23H29N3O3/c1-29-19-13-11-17(12-14-19)15-16-24-22(27)20-9-6-10-21(26-20)23(28)25-18-7-4-2-3-5-8-18/h6,9-14,18H,2-5,7-8,15-16H2,1H3,(H,24,27)(H,25,28). The van der Waals surface area contributed by atoms with Crippen LogP contribution in [-0.4, -0.2) is 36.5 Å². The predicted octanol–water partition coefficient (Wildman–Crippen LogP) is 3.52. The van der Waals surface area contributed by atoms with E-state index in [0.29, 0.717) is 13.0 Å². The van der Waals surface area contributed by atoms with E-state index in [4.69, 9.17) is 4.74 Å². The maximum atomic E-state index is 12.5. The van der Waals surface area contributed by atoms with Gasteiger partial charge >= 0.3 is 0 Å². The van der Waals surface area contributed by atoms with Gasteiger partial charge in [0, 0.05) is 12.6 Å². The summed E-state index contributed by atoms with van der Waals surface area (Å²) in [6, 6.07) is 12.9. The molecule has 0 aliphatic heterocycles. The van der Waals surface area contributed by atoms with Crippen molar-refractivity contribution in [3.8, 4) is 5.75 Å². The third-order valence-corrected chi connectivity index (χ3v) is 5.26. The molecular weight excluding hydrogens is 366 g/mol. The molecule has 0 spiro atoms. The number of amides is 2. The number of aromatic nitrogens is 1. The number of benzene rings is 1. The molecule has 29 heavy (non-hydrogen) atoms. The third-order valence-electron chi connectivity index (χ3n) is 5.26. The zero-order valence-corrected chi connectivity index (χ0v) is 16.9. The fraction of sp³-hybridized carbons (Fsp3) is 0.435. The minimum absolute atomic E-state index is 0.203. The summed E-state index contributed by atoms with van der Waals surface area (Å²) in [5, 5.41) is 5.94. The van der Waals surface area contributed by atoms with Gasteiger partial charge in [0.1, 0.15) is 17.1 Å². The summed E-state index contributed by atoms with van der Waals surface area (Å²) in [5.74, 6) is 0.327. The van der Waals surface area contributed by atoms with Crippen LogP contribution in [0.1, 0.15) is 65.1 Å². The largest absolute Gasteiger partial charge is 0.497 e. The van der Waals surface area contributed by atoms with Gasteiger partial charge in [0.15, 0.2) is 0 Å². The Morgan fingerprint density at radius 2 is 1.62 bits per heavy atom. The van der Waals surface area contributed by atoms with Crippen molar-refractivity contribution in [1.29, 1.82) is 0 Å². The average molecular weight is 396 g/mol. The van der Waals surface area contributed by atoms with Crippen LogP contribution in [0.15, 0.2) is 42.5 Å². The van der Waals surface area contributed by atoms with E-state index in [2.05, 4.69) is 15.6 Å². The minimum Gasteiger partial charge on any atom is -0.497 e. The lowest BCUT2D eigenvalue weighted by molar-refractivity contribution is 0.0927. The maximum absolute atomic E-state index is 12.5. The number of hydrogen-bond donors (Lipinski definition) is 2. The quantitative estimate of drug-likeness (QED) is 0.703. The summed E-state index contributed by atoms with van der Waals surface area (Å²) in [6.07, 6.45) is 7.49. The lowest BCUT2D eigenvalue weighted by atomic mass is 10.1. The predicted molar refractivity (Wildman–Crippen MR) is 112 cm³/mol. The molecule has 6 heteroatoms. The first kappa shape index (κ1) is 20.8. The highest BCUT2D eigenvalue weighted by atomic mass is 16.5. The molecule has 6 nitrogen and oxygen atoms in total. The van der Waals surface area contributed by atoms with Gasteiger partial charge in [0.05, 0.1) is 7.11 Å². The van der Waals surface area contributed by atoms with Crippen molar-refractivity contribution >= 4 is 11.8 Å². The fourth-order valence-electron chi connectivity index (χ4n) is 3.57. The summed E-state index contributed by atoms with van der Waals surface area (Å²) >= 11 is 0. The van der Waals surface area contributed by atoms with E-state index < -0.39 is 0 Å². The van der Waals surface area contributed by atoms with Crippen LogP contribution in [0, 0.1) is 0 Å². The van der Waals surface area contributed by atoms with E-state index in [1.165, 1.54) is 12.8 Å². The lowest BCUT2D eigenvalue weighted by Gasteiger charge is -2.16. The van der Waals surface area contributed by atoms with Crippen molar-refractivity contribution < 1.29 is 14.3 Å². The van der Waals surface area contributed by atoms with Crippen LogP contribution in [0.5, 0.6) is 5.75 Å². The van der Waals surface area contributed by atoms with Crippen molar-refractivity contribution in [2.24, 2.45) is 0 Å². The normalized spacial score (nSPS) is 14.7. The van der Waals surface area contributed by atoms with E-state index in [9.17, 15) is 9.59 Å². The van der Waals surface area contributed by atoms with Gasteiger partial charge in [-0.15, -0.1) is 0 Å². The first-order valence-corrected chi connectivity index (χ1v) is 10.3. The summed E-state index contributed by atoms with van der Waals surface area (Å²) in [5.41, 5.74) is 1.65. The number of hydrogen-bond acceptors (Lipinski definition) is 4. The summed E-state index contributed by atoms with van der Waals surface area (Å²) in [4.78, 5) is 29.2. The molecule has 1 aliphatic carbocycles. The summed E-state index contributed by atoms with van der Waals surface area (Å²) in [6.45, 7) is 0.491. The molecule has 2 amide bonds. The average Bonchev–Trinajstić information content (AvgIpc) is 3.03. The summed E-state index contributed by atoms with van der Waals surface area (Å²) < 4.78 is 5.14. The number of carbonyl (C=O) groups excluding carboxylic acids is 2. The van der Waals surface area contributed by atoms with Crippen molar-refractivity contribution in [1.82, 2.24) is 15.6 Å². The second-order valence-electron chi connectivity index (χ2n) is 7.42. The molecule has 1 aromatic carbocycles. The highest BCUT2D eigenvalue weighted by Crippen LogP contribution is 2.17. The van der Waals surface area contributed by atoms with Crippen LogP contribution in [0.2, 0.25) is 0 Å². The first-order chi connectivity index (χ1) is 14.2. The molecule has 3 rings (SSSR count). The lowest BCUT2D eigenvalue weighted by Crippen LogP contribution is -2.35. The van der Waals surface area contributed by atoms with Crippen molar-refractivity contribution in [3.63, 3.8) is 0 Å². The van der Waals surface area contributed by atoms with Crippen LogP contribution in [0.4, 0.5) is 0 Å². The highest BCUT2D eigenvalue weighted by Gasteiger charge is 2.17. The van der Waals surface area contributed by atoms with Gasteiger partial charge in [0.25, 0.3) is 11.8 Å². The molecule has 154 valence electrons. The van der Waals surface area contributed by atoms with Crippen LogP contribution < -0.4 is 15.4 Å². The molecule has 1 aromatic heterocycles. The van der Waals surface area contributed by atoms with E-state index in [1.54, 1.807) is 25.3 Å². The summed E-state index contributed by atoms with van der Waals surface area (Å²) in [7, 11) is 1.63. The van der Waals surface area contributed by atoms with Crippen LogP contribution >= 0.6 is 0 Å². The van der Waals surface area contributed by atoms with Gasteiger partial charge in [-0.1, -0.05) is 43.9 Å². The smallest absolute Gasteiger partial charge is 0.270 e. The Morgan fingerprint density at radius 1 is 0.966 bits per heavy atom. The first-order valence-electron chi connectivity index (χ1n) is 10.3. The second-order valence-corrected chi connectivity index (χ2v) is 7.42. The van der Waals surface area contributed by atoms with Gasteiger partial charge in [-0.25, -0.2) is 4.98 Å². The van der Waals surface area contributed by atoms with Crippen molar-refractivity contribution in [2.45, 2.75) is 51.0 Å². The molecule has 0 atom stereocenters. The highest BCUT2D eigenvalue weighted by molar-refractivity contribution is 5.96. The number of nitrogens with zero attached hydrogens (tertiary/aromatic N) is 1. The number of nitrogens with one attached hydrogen (secondary N) is 2. The van der Waals surface area contributed by atoms with Crippen LogP contribution in [0.3, 0.4) is 0 Å². The fourth-order valence-corrected chi connectivity index (χ4v) is 3.57. The number of methoxy groups -OCH3 is 1. The minimum atomic E-state index is -0.275. The Kier molecular flexibility index (Phi) is 7.61. The number of carbonyl (C=O) groups is 2. The molecule has 1 aliphatic rings. The van der Waals surface area contributed by atoms with Gasteiger partial charge in [0.2, 0.25) is 0 Å². The molecule has 2 aromatic rings. The van der Waals surface area contributed by atoms with Crippen molar-refractivity contribution in [2.75, 3.05) is 13.7 Å². The van der Waals surface area contributed by atoms with Crippen molar-refractivity contribution in [3.05, 3.63) is 59.4 Å². The number of pyridine rings is 1. The molecule has 0 radical (unpaired) electrons. The van der Waals surface area contributed by atoms with Gasteiger partial charge < -0.3 is 15.4 Å². The zero-order valence-electron chi connectivity index (χ0n) is 16.9.